The first-order chi connectivity index (χ1) is 3.55. The molecule has 0 rings (SSSR count). The molecule has 0 aliphatic heterocycles. The highest BCUT2D eigenvalue weighted by Gasteiger charge is 2.23. The molecule has 8 heavy (non-hydrogen) atoms. The molecule has 0 bridgehead atoms. The summed E-state index contributed by atoms with van der Waals surface area (Å²) in [4.78, 5) is 0. The third-order valence-electron chi connectivity index (χ3n) is 0.286. The summed E-state index contributed by atoms with van der Waals surface area (Å²) in [6.07, 6.45) is 0. The molecule has 1 nitrogen and oxygen atoms in total. The van der Waals surface area contributed by atoms with Crippen molar-refractivity contribution < 1.29 is 16.8 Å². The van der Waals surface area contributed by atoms with Gasteiger partial charge in [-0.2, -0.15) is 20.9 Å². The van der Waals surface area contributed by atoms with Gasteiger partial charge >= 0.3 is 17.4 Å². The van der Waals surface area contributed by atoms with Gasteiger partial charge in [0.2, 0.25) is 0 Å². The lowest BCUT2D eigenvalue weighted by atomic mass is 13.8. The maximum absolute atomic E-state index is 11.2. The van der Waals surface area contributed by atoms with Crippen LogP contribution in [0.2, 0.25) is 0 Å². The highest BCUT2D eigenvalue weighted by Crippen LogP contribution is 2.58. The fraction of sp³-hybridized carbons (Fsp3) is 0. The summed E-state index contributed by atoms with van der Waals surface area (Å²) in [6.45, 7) is 0. The van der Waals surface area contributed by atoms with Crippen LogP contribution in [0.3, 0.4) is 0 Å². The van der Waals surface area contributed by atoms with Crippen molar-refractivity contribution in [2.75, 3.05) is 0 Å². The Morgan fingerprint density at radius 2 is 1.25 bits per heavy atom. The summed E-state index contributed by atoms with van der Waals surface area (Å²) < 4.78 is 44.2. The minimum atomic E-state index is -3.68. The smallest absolute Gasteiger partial charge is 0.181 e. The van der Waals surface area contributed by atoms with Gasteiger partial charge in [0.25, 0.3) is 0 Å². The molecule has 0 aromatic heterocycles. The Kier molecular flexibility index (Phi) is 4.07. The minimum absolute atomic E-state index is 0.398. The first-order valence-electron chi connectivity index (χ1n) is 1.30. The normalized spacial score (nSPS) is 12.0. The zero-order chi connectivity index (χ0) is 6.73. The van der Waals surface area contributed by atoms with E-state index in [4.69, 9.17) is 0 Å². The number of halogens is 4. The maximum Gasteiger partial charge on any atom is 0.345 e. The molecule has 0 amide bonds. The third-order valence-corrected chi connectivity index (χ3v) is 2.58. The molecule has 47 valence electrons. The van der Waals surface area contributed by atoms with Gasteiger partial charge in [0, 0.05) is 0 Å². The van der Waals surface area contributed by atoms with Crippen LogP contribution in [0.25, 0.3) is 0 Å². The molecule has 0 atom stereocenters. The Morgan fingerprint density at radius 3 is 1.25 bits per heavy atom. The van der Waals surface area contributed by atoms with Gasteiger partial charge in [-0.05, 0) is 0 Å². The Bertz CT molecular complexity index is 59.1. The Morgan fingerprint density at radius 1 is 1.00 bits per heavy atom. The van der Waals surface area contributed by atoms with E-state index < -0.39 is 21.5 Å². The first kappa shape index (κ1) is 8.76. The minimum Gasteiger partial charge on any atom is -0.181 e. The lowest BCUT2D eigenvalue weighted by Crippen LogP contribution is -1.96. The van der Waals surface area contributed by atoms with Crippen LogP contribution >= 0.6 is 17.4 Å². The first-order valence-corrected chi connectivity index (χ1v) is 3.90. The molecule has 0 fully saturated rings. The highest BCUT2D eigenvalue weighted by atomic mass is 31.3. The van der Waals surface area contributed by atoms with E-state index in [-0.39, 0.29) is 0 Å². The van der Waals surface area contributed by atoms with Gasteiger partial charge in [-0.25, -0.2) is 0 Å². The molecule has 0 unspecified atom stereocenters. The number of hydrogen-bond acceptors (Lipinski definition) is 1. The topological polar surface area (TPSA) is 3.24 Å². The summed E-state index contributed by atoms with van der Waals surface area (Å²) >= 11 is 0. The predicted octanol–water partition coefficient (Wildman–Crippen LogP) is 2.70. The molecular weight excluding hydrogens is 180 g/mol. The summed E-state index contributed by atoms with van der Waals surface area (Å²) in [7, 11) is -5.31. The largest absolute Gasteiger partial charge is 0.345 e. The third kappa shape index (κ3) is 2.92. The quantitative estimate of drug-likeness (QED) is 0.358. The van der Waals surface area contributed by atoms with E-state index >= 15 is 0 Å². The van der Waals surface area contributed by atoms with Crippen molar-refractivity contribution in [1.82, 2.24) is 4.11 Å². The van der Waals surface area contributed by atoms with Gasteiger partial charge < -0.3 is 0 Å². The average molecular weight is 180 g/mol. The van der Waals surface area contributed by atoms with Crippen LogP contribution in [-0.2, 0) is 0 Å². The van der Waals surface area contributed by atoms with Gasteiger partial charge in [-0.15, -0.1) is 0 Å². The second-order valence-corrected chi connectivity index (χ2v) is 3.90. The molecule has 0 saturated heterocycles. The monoisotopic (exact) mass is 180 g/mol. The van der Waals surface area contributed by atoms with E-state index in [0.29, 0.717) is 0 Å². The molecule has 0 aromatic carbocycles. The lowest BCUT2D eigenvalue weighted by molar-refractivity contribution is 0.644. The lowest BCUT2D eigenvalue weighted by Gasteiger charge is -2.08. The number of rotatable bonds is 2. The van der Waals surface area contributed by atoms with Crippen molar-refractivity contribution >= 4 is 27.8 Å². The maximum atomic E-state index is 11.2. The Hall–Kier alpha value is 0.757. The molecule has 0 heterocycles. The van der Waals surface area contributed by atoms with E-state index in [2.05, 4.69) is 0 Å². The molecule has 3 radical (unpaired) electrons. The van der Waals surface area contributed by atoms with Crippen molar-refractivity contribution in [3.05, 3.63) is 0 Å². The summed E-state index contributed by atoms with van der Waals surface area (Å²) in [5, 5.41) is 0. The van der Waals surface area contributed by atoms with Gasteiger partial charge in [0.05, 0.1) is 0 Å². The molecule has 0 aliphatic carbocycles. The molecule has 0 N–H and O–H groups in total. The summed E-state index contributed by atoms with van der Waals surface area (Å²) in [5.74, 6) is 0. The van der Waals surface area contributed by atoms with E-state index in [1.807, 2.05) is 10.4 Å². The van der Waals surface area contributed by atoms with Crippen molar-refractivity contribution in [3.63, 3.8) is 0 Å². The highest BCUT2D eigenvalue weighted by molar-refractivity contribution is 7.61. The molecule has 0 spiro atoms. The average Bonchev–Trinajstić information content (AvgIpc) is 1.64. The van der Waals surface area contributed by atoms with Crippen molar-refractivity contribution in [2.24, 2.45) is 0 Å². The fourth-order valence-electron chi connectivity index (χ4n) is 0.0511. The van der Waals surface area contributed by atoms with Gasteiger partial charge in [0.1, 0.15) is 0 Å². The van der Waals surface area contributed by atoms with E-state index in [1.54, 1.807) is 0 Å². The number of nitrogens with zero attached hydrogens (tertiary/aromatic N) is 1. The van der Waals surface area contributed by atoms with Crippen LogP contribution in [-0.4, -0.2) is 14.5 Å². The van der Waals surface area contributed by atoms with E-state index in [9.17, 15) is 16.8 Å². The van der Waals surface area contributed by atoms with E-state index in [1.165, 1.54) is 0 Å². The molecule has 0 aliphatic rings. The summed E-state index contributed by atoms with van der Waals surface area (Å²) in [5.41, 5.74) is 0. The molecule has 0 aromatic rings. The second kappa shape index (κ2) is 3.72. The van der Waals surface area contributed by atoms with Crippen LogP contribution in [0.15, 0.2) is 0 Å². The van der Waals surface area contributed by atoms with Crippen molar-refractivity contribution in [2.45, 2.75) is 0 Å². The fourth-order valence-corrected chi connectivity index (χ4v) is 0.460. The zero-order valence-electron chi connectivity index (χ0n) is 3.35. The molecular formula is F4NP2Si. The van der Waals surface area contributed by atoms with Crippen molar-refractivity contribution in [3.8, 4) is 0 Å². The summed E-state index contributed by atoms with van der Waals surface area (Å²) in [6, 6.07) is 0. The van der Waals surface area contributed by atoms with Crippen LogP contribution in [0, 0.1) is 0 Å². The predicted molar refractivity (Wildman–Crippen MR) is 25.9 cm³/mol. The van der Waals surface area contributed by atoms with Gasteiger partial charge in [0.15, 0.2) is 10.4 Å². The Balaban J connectivity index is 3.46. The van der Waals surface area contributed by atoms with Crippen molar-refractivity contribution in [1.29, 1.82) is 0 Å². The van der Waals surface area contributed by atoms with Crippen LogP contribution < -0.4 is 0 Å². The number of hydrogen-bond donors (Lipinski definition) is 0. The van der Waals surface area contributed by atoms with Crippen LogP contribution in [0.5, 0.6) is 0 Å². The Labute approximate surface area is 49.6 Å². The molecule has 0 saturated carbocycles. The zero-order valence-corrected chi connectivity index (χ0v) is 6.14. The molecule has 8 heteroatoms. The van der Waals surface area contributed by atoms with Crippen LogP contribution in [0.1, 0.15) is 0 Å². The van der Waals surface area contributed by atoms with Gasteiger partial charge in [-0.1, -0.05) is 0 Å². The standard InChI is InChI=1S/F4NP2Si/c1-6(2)5(8)7(3)4. The van der Waals surface area contributed by atoms with Gasteiger partial charge in [-0.3, -0.25) is 0 Å². The van der Waals surface area contributed by atoms with E-state index in [0.717, 1.165) is 0 Å². The second-order valence-electron chi connectivity index (χ2n) is 0.720. The SMILES string of the molecule is FP(F)N([Si])P(F)F. The van der Waals surface area contributed by atoms with Crippen LogP contribution in [0.4, 0.5) is 16.8 Å².